The summed E-state index contributed by atoms with van der Waals surface area (Å²) < 4.78 is 3.80. The number of fused-ring (bicyclic) bond motifs is 5. The zero-order valence-corrected chi connectivity index (χ0v) is 18.0. The Labute approximate surface area is 168 Å². The first-order valence-corrected chi connectivity index (χ1v) is 10.8. The van der Waals surface area contributed by atoms with Crippen molar-refractivity contribution in [2.75, 3.05) is 0 Å². The van der Waals surface area contributed by atoms with Crippen LogP contribution in [0, 0.1) is 25.2 Å². The van der Waals surface area contributed by atoms with Crippen LogP contribution in [0.5, 0.6) is 0 Å². The predicted octanol–water partition coefficient (Wildman–Crippen LogP) is 4.35. The van der Waals surface area contributed by atoms with Crippen molar-refractivity contribution in [1.82, 2.24) is 29.4 Å². The molecule has 0 fully saturated rings. The minimum atomic E-state index is 0.346. The van der Waals surface area contributed by atoms with E-state index in [1.54, 1.807) is 6.33 Å². The van der Waals surface area contributed by atoms with Gasteiger partial charge in [-0.3, -0.25) is 4.68 Å². The highest BCUT2D eigenvalue weighted by Crippen LogP contribution is 2.43. The lowest BCUT2D eigenvalue weighted by molar-refractivity contribution is 0.218. The van der Waals surface area contributed by atoms with E-state index in [-0.39, 0.29) is 0 Å². The Morgan fingerprint density at radius 3 is 2.75 bits per heavy atom. The highest BCUT2D eigenvalue weighted by molar-refractivity contribution is 7.19. The molecule has 5 rings (SSSR count). The lowest BCUT2D eigenvalue weighted by Crippen LogP contribution is -2.26. The molecule has 0 N–H and O–H groups in total. The summed E-state index contributed by atoms with van der Waals surface area (Å²) in [5.41, 5.74) is 4.88. The van der Waals surface area contributed by atoms with E-state index < -0.39 is 0 Å². The second-order valence-corrected chi connectivity index (χ2v) is 10.2. The first-order chi connectivity index (χ1) is 13.3. The molecular formula is C21H26N6S. The molecule has 4 aromatic heterocycles. The average Bonchev–Trinajstić information content (AvgIpc) is 3.27. The Morgan fingerprint density at radius 1 is 1.21 bits per heavy atom. The van der Waals surface area contributed by atoms with Crippen molar-refractivity contribution in [3.8, 4) is 0 Å². The molecule has 4 aromatic rings. The molecule has 0 bridgehead atoms. The lowest BCUT2D eigenvalue weighted by atomic mass is 9.72. The van der Waals surface area contributed by atoms with Crippen molar-refractivity contribution < 1.29 is 0 Å². The molecular weight excluding hydrogens is 368 g/mol. The summed E-state index contributed by atoms with van der Waals surface area (Å²) in [6.45, 7) is 11.7. The summed E-state index contributed by atoms with van der Waals surface area (Å²) in [6.07, 6.45) is 5.30. The maximum atomic E-state index is 4.89. The Morgan fingerprint density at radius 2 is 2.04 bits per heavy atom. The molecule has 1 aliphatic rings. The largest absolute Gasteiger partial charge is 0.262 e. The van der Waals surface area contributed by atoms with Gasteiger partial charge in [-0.25, -0.2) is 14.5 Å². The third-order valence-electron chi connectivity index (χ3n) is 6.05. The van der Waals surface area contributed by atoms with Gasteiger partial charge in [0, 0.05) is 10.6 Å². The molecule has 0 saturated heterocycles. The molecule has 146 valence electrons. The Kier molecular flexibility index (Phi) is 3.88. The van der Waals surface area contributed by atoms with Gasteiger partial charge in [0.1, 0.15) is 17.7 Å². The number of thiophene rings is 1. The van der Waals surface area contributed by atoms with E-state index in [1.807, 2.05) is 27.5 Å². The average molecular weight is 395 g/mol. The molecule has 1 atom stereocenters. The van der Waals surface area contributed by atoms with Gasteiger partial charge in [0.05, 0.1) is 11.1 Å². The van der Waals surface area contributed by atoms with Crippen molar-refractivity contribution in [2.24, 2.45) is 11.3 Å². The molecule has 0 spiro atoms. The van der Waals surface area contributed by atoms with Crippen molar-refractivity contribution in [2.45, 2.75) is 60.4 Å². The van der Waals surface area contributed by atoms with Crippen molar-refractivity contribution in [3.63, 3.8) is 0 Å². The summed E-state index contributed by atoms with van der Waals surface area (Å²) in [6, 6.07) is 2.08. The topological polar surface area (TPSA) is 60.9 Å². The zero-order chi connectivity index (χ0) is 19.6. The van der Waals surface area contributed by atoms with E-state index in [1.165, 1.54) is 22.2 Å². The van der Waals surface area contributed by atoms with Crippen LogP contribution < -0.4 is 0 Å². The van der Waals surface area contributed by atoms with Gasteiger partial charge in [0.2, 0.25) is 0 Å². The molecule has 0 unspecified atom stereocenters. The van der Waals surface area contributed by atoms with Crippen LogP contribution in [0.4, 0.5) is 0 Å². The fourth-order valence-electron chi connectivity index (χ4n) is 4.39. The first-order valence-electron chi connectivity index (χ1n) is 9.95. The number of aromatic nitrogens is 6. The summed E-state index contributed by atoms with van der Waals surface area (Å²) in [7, 11) is 0. The van der Waals surface area contributed by atoms with Crippen molar-refractivity contribution in [1.29, 1.82) is 0 Å². The minimum absolute atomic E-state index is 0.346. The van der Waals surface area contributed by atoms with Crippen LogP contribution in [-0.2, 0) is 19.4 Å². The van der Waals surface area contributed by atoms with E-state index in [0.717, 1.165) is 46.4 Å². The monoisotopic (exact) mass is 394 g/mol. The van der Waals surface area contributed by atoms with E-state index >= 15 is 0 Å². The van der Waals surface area contributed by atoms with Crippen LogP contribution in [0.2, 0.25) is 0 Å². The fourth-order valence-corrected chi connectivity index (χ4v) is 5.66. The fraction of sp³-hybridized carbons (Fsp3) is 0.524. The van der Waals surface area contributed by atoms with E-state index in [9.17, 15) is 0 Å². The van der Waals surface area contributed by atoms with Crippen molar-refractivity contribution >= 4 is 27.2 Å². The molecule has 6 nitrogen and oxygen atoms in total. The Hall–Kier alpha value is -2.28. The smallest absolute Gasteiger partial charge is 0.173 e. The molecule has 0 saturated carbocycles. The normalized spacial score (nSPS) is 17.5. The van der Waals surface area contributed by atoms with Crippen LogP contribution in [-0.4, -0.2) is 29.4 Å². The van der Waals surface area contributed by atoms with Gasteiger partial charge in [-0.15, -0.1) is 16.4 Å². The van der Waals surface area contributed by atoms with Crippen LogP contribution in [0.3, 0.4) is 0 Å². The van der Waals surface area contributed by atoms with Gasteiger partial charge in [0.15, 0.2) is 11.5 Å². The van der Waals surface area contributed by atoms with E-state index in [4.69, 9.17) is 9.97 Å². The molecule has 7 heteroatoms. The van der Waals surface area contributed by atoms with Crippen LogP contribution in [0.25, 0.3) is 15.9 Å². The van der Waals surface area contributed by atoms with Gasteiger partial charge >= 0.3 is 0 Å². The highest BCUT2D eigenvalue weighted by Gasteiger charge is 2.31. The molecule has 0 aliphatic heterocycles. The summed E-state index contributed by atoms with van der Waals surface area (Å²) in [4.78, 5) is 12.2. The van der Waals surface area contributed by atoms with Crippen LogP contribution in [0.1, 0.15) is 54.8 Å². The minimum Gasteiger partial charge on any atom is -0.262 e. The number of hydrogen-bond acceptors (Lipinski definition) is 5. The number of hydrogen-bond donors (Lipinski definition) is 0. The third kappa shape index (κ3) is 2.83. The molecule has 1 aliphatic carbocycles. The number of rotatable bonds is 2. The standard InChI is InChI=1S/C21H26N6S/c1-12-8-13(2)26(24-12)10-17-23-19-18-15-7-6-14(21(3,4)5)9-16(15)28-20(18)22-11-27(19)25-17/h8,11,14H,6-7,9-10H2,1-5H3/t14-/m1/s1. The zero-order valence-electron chi connectivity index (χ0n) is 17.2. The SMILES string of the molecule is Cc1cc(C)n(Cc2nc3c4c5c(sc4ncn3n2)C[C@H](C(C)(C)C)CC5)n1. The number of aryl methyl sites for hydroxylation is 3. The van der Waals surface area contributed by atoms with Gasteiger partial charge in [0.25, 0.3) is 0 Å². The molecule has 0 amide bonds. The van der Waals surface area contributed by atoms with Crippen molar-refractivity contribution in [3.05, 3.63) is 40.0 Å². The molecule has 4 heterocycles. The van der Waals surface area contributed by atoms with Gasteiger partial charge in [-0.1, -0.05) is 20.8 Å². The van der Waals surface area contributed by atoms with Gasteiger partial charge in [-0.2, -0.15) is 5.10 Å². The van der Waals surface area contributed by atoms with Gasteiger partial charge < -0.3 is 0 Å². The Balaban J connectivity index is 1.58. The molecule has 28 heavy (non-hydrogen) atoms. The highest BCUT2D eigenvalue weighted by atomic mass is 32.1. The predicted molar refractivity (Wildman–Crippen MR) is 112 cm³/mol. The number of nitrogens with zero attached hydrogens (tertiary/aromatic N) is 6. The summed E-state index contributed by atoms with van der Waals surface area (Å²) in [5, 5.41) is 10.4. The van der Waals surface area contributed by atoms with Crippen LogP contribution in [0.15, 0.2) is 12.4 Å². The van der Waals surface area contributed by atoms with E-state index in [0.29, 0.717) is 12.0 Å². The molecule has 0 radical (unpaired) electrons. The maximum Gasteiger partial charge on any atom is 0.173 e. The Bertz CT molecular complexity index is 1190. The second-order valence-electron chi connectivity index (χ2n) is 9.12. The first kappa shape index (κ1) is 17.8. The quantitative estimate of drug-likeness (QED) is 0.507. The van der Waals surface area contributed by atoms with Crippen LogP contribution >= 0.6 is 11.3 Å². The summed E-state index contributed by atoms with van der Waals surface area (Å²) >= 11 is 1.84. The second kappa shape index (κ2) is 6.11. The lowest BCUT2D eigenvalue weighted by Gasteiger charge is -2.33. The van der Waals surface area contributed by atoms with E-state index in [2.05, 4.69) is 44.0 Å². The summed E-state index contributed by atoms with van der Waals surface area (Å²) in [5.74, 6) is 1.51. The molecule has 0 aromatic carbocycles. The third-order valence-corrected chi connectivity index (χ3v) is 7.21. The van der Waals surface area contributed by atoms with Gasteiger partial charge in [-0.05, 0) is 56.1 Å². The maximum absolute atomic E-state index is 4.89.